The van der Waals surface area contributed by atoms with Gasteiger partial charge in [-0.05, 0) is 12.1 Å². The van der Waals surface area contributed by atoms with Crippen LogP contribution in [0, 0.1) is 5.92 Å². The zero-order valence-electron chi connectivity index (χ0n) is 10.6. The molecule has 1 aromatic rings. The van der Waals surface area contributed by atoms with Crippen LogP contribution in [0.15, 0.2) is 24.3 Å². The fraction of sp³-hybridized carbons (Fsp3) is 0.333. The normalized spacial score (nSPS) is 11.1. The summed E-state index contributed by atoms with van der Waals surface area (Å²) in [5.74, 6) is -0.516. The van der Waals surface area contributed by atoms with Gasteiger partial charge in [0.1, 0.15) is 5.75 Å². The molecule has 0 aliphatic rings. The third-order valence-electron chi connectivity index (χ3n) is 2.28. The van der Waals surface area contributed by atoms with Gasteiger partial charge < -0.3 is 21.5 Å². The van der Waals surface area contributed by atoms with Crippen molar-refractivity contribution in [1.82, 2.24) is 0 Å². The third-order valence-corrected chi connectivity index (χ3v) is 2.28. The van der Waals surface area contributed by atoms with Crippen LogP contribution in [0.1, 0.15) is 6.92 Å². The summed E-state index contributed by atoms with van der Waals surface area (Å²) in [6.07, 6.45) is 0. The Morgan fingerprint density at radius 2 is 2.11 bits per heavy atom. The Balaban J connectivity index is 0.00000324. The molecule has 0 spiro atoms. The topological polar surface area (TPSA) is 107 Å². The lowest BCUT2D eigenvalue weighted by Crippen LogP contribution is -2.26. The number of anilines is 1. The molecule has 1 aromatic carbocycles. The highest BCUT2D eigenvalue weighted by Gasteiger charge is 2.11. The molecule has 1 unspecified atom stereocenters. The molecule has 0 aliphatic heterocycles. The van der Waals surface area contributed by atoms with Gasteiger partial charge in [-0.3, -0.25) is 9.59 Å². The molecule has 0 fully saturated rings. The van der Waals surface area contributed by atoms with Crippen molar-refractivity contribution in [3.8, 4) is 5.75 Å². The Hall–Kier alpha value is -1.79. The lowest BCUT2D eigenvalue weighted by molar-refractivity contribution is -0.120. The largest absolute Gasteiger partial charge is 0.484 e. The van der Waals surface area contributed by atoms with Crippen molar-refractivity contribution in [3.63, 3.8) is 0 Å². The van der Waals surface area contributed by atoms with Gasteiger partial charge in [0.05, 0.1) is 0 Å². The standard InChI is InChI=1S/C12H17N3O3.ClH/c1-8(6-13)12(17)15-9-3-2-4-10(5-9)18-7-11(14)16;/h2-5,8H,6-7,13H2,1H3,(H2,14,16)(H,15,17);1H. The van der Waals surface area contributed by atoms with Crippen LogP contribution in [0.5, 0.6) is 5.75 Å². The van der Waals surface area contributed by atoms with Crippen LogP contribution in [0.2, 0.25) is 0 Å². The number of hydrogen-bond acceptors (Lipinski definition) is 4. The van der Waals surface area contributed by atoms with E-state index >= 15 is 0 Å². The molecule has 1 rings (SSSR count). The first-order chi connectivity index (χ1) is 8.52. The van der Waals surface area contributed by atoms with E-state index < -0.39 is 5.91 Å². The zero-order valence-corrected chi connectivity index (χ0v) is 11.4. The van der Waals surface area contributed by atoms with Crippen molar-refractivity contribution in [2.45, 2.75) is 6.92 Å². The van der Waals surface area contributed by atoms with Gasteiger partial charge in [0, 0.05) is 24.2 Å². The Bertz CT molecular complexity index is 440. The van der Waals surface area contributed by atoms with E-state index in [1.54, 1.807) is 31.2 Å². The van der Waals surface area contributed by atoms with Gasteiger partial charge in [0.15, 0.2) is 6.61 Å². The molecule has 1 atom stereocenters. The van der Waals surface area contributed by atoms with Gasteiger partial charge in [-0.2, -0.15) is 0 Å². The SMILES string of the molecule is CC(CN)C(=O)Nc1cccc(OCC(N)=O)c1.Cl. The average molecular weight is 288 g/mol. The number of benzene rings is 1. The van der Waals surface area contributed by atoms with Crippen LogP contribution in [0.4, 0.5) is 5.69 Å². The summed E-state index contributed by atoms with van der Waals surface area (Å²) in [5, 5.41) is 2.71. The van der Waals surface area contributed by atoms with Crippen molar-refractivity contribution in [1.29, 1.82) is 0 Å². The molecule has 0 saturated carbocycles. The number of nitrogens with one attached hydrogen (secondary N) is 1. The van der Waals surface area contributed by atoms with Crippen molar-refractivity contribution in [2.75, 3.05) is 18.5 Å². The smallest absolute Gasteiger partial charge is 0.255 e. The minimum atomic E-state index is -0.554. The molecule has 0 aromatic heterocycles. The van der Waals surface area contributed by atoms with E-state index in [1.165, 1.54) is 0 Å². The summed E-state index contributed by atoms with van der Waals surface area (Å²) < 4.78 is 5.13. The van der Waals surface area contributed by atoms with E-state index in [0.29, 0.717) is 11.4 Å². The Kier molecular flexibility index (Phi) is 7.55. The summed E-state index contributed by atoms with van der Waals surface area (Å²) in [4.78, 5) is 22.2. The molecule has 7 heteroatoms. The minimum absolute atomic E-state index is 0. The molecule has 0 aliphatic carbocycles. The lowest BCUT2D eigenvalue weighted by Gasteiger charge is -2.11. The van der Waals surface area contributed by atoms with Crippen molar-refractivity contribution in [2.24, 2.45) is 17.4 Å². The Labute approximate surface area is 117 Å². The number of primary amides is 1. The van der Waals surface area contributed by atoms with E-state index in [1.807, 2.05) is 0 Å². The summed E-state index contributed by atoms with van der Waals surface area (Å²) in [6.45, 7) is 1.82. The van der Waals surface area contributed by atoms with Crippen LogP contribution in [0.3, 0.4) is 0 Å². The van der Waals surface area contributed by atoms with Crippen LogP contribution < -0.4 is 21.5 Å². The Morgan fingerprint density at radius 1 is 1.42 bits per heavy atom. The first-order valence-electron chi connectivity index (χ1n) is 5.55. The highest BCUT2D eigenvalue weighted by Crippen LogP contribution is 2.17. The summed E-state index contributed by atoms with van der Waals surface area (Å²) in [5.41, 5.74) is 11.0. The second-order valence-corrected chi connectivity index (χ2v) is 3.91. The number of nitrogens with two attached hydrogens (primary N) is 2. The molecular formula is C12H18ClN3O3. The highest BCUT2D eigenvalue weighted by atomic mass is 35.5. The second kappa shape index (κ2) is 8.34. The maximum atomic E-state index is 11.6. The first-order valence-corrected chi connectivity index (χ1v) is 5.55. The number of ether oxygens (including phenoxy) is 1. The zero-order chi connectivity index (χ0) is 13.5. The number of carbonyl (C=O) groups excluding carboxylic acids is 2. The maximum Gasteiger partial charge on any atom is 0.255 e. The van der Waals surface area contributed by atoms with E-state index in [0.717, 1.165) is 0 Å². The number of amides is 2. The van der Waals surface area contributed by atoms with Crippen LogP contribution in [-0.4, -0.2) is 25.0 Å². The molecular weight excluding hydrogens is 270 g/mol. The van der Waals surface area contributed by atoms with Gasteiger partial charge in [0.25, 0.3) is 5.91 Å². The van der Waals surface area contributed by atoms with Crippen molar-refractivity contribution < 1.29 is 14.3 Å². The predicted octanol–water partition coefficient (Wildman–Crippen LogP) is 0.506. The van der Waals surface area contributed by atoms with Gasteiger partial charge >= 0.3 is 0 Å². The fourth-order valence-electron chi connectivity index (χ4n) is 1.19. The lowest BCUT2D eigenvalue weighted by atomic mass is 10.1. The van der Waals surface area contributed by atoms with Gasteiger partial charge in [0.2, 0.25) is 5.91 Å². The molecule has 0 radical (unpaired) electrons. The minimum Gasteiger partial charge on any atom is -0.484 e. The van der Waals surface area contributed by atoms with E-state index in [9.17, 15) is 9.59 Å². The monoisotopic (exact) mass is 287 g/mol. The summed E-state index contributed by atoms with van der Waals surface area (Å²) in [6, 6.07) is 6.71. The van der Waals surface area contributed by atoms with E-state index in [-0.39, 0.29) is 37.4 Å². The van der Waals surface area contributed by atoms with Gasteiger partial charge in [-0.15, -0.1) is 12.4 Å². The molecule has 106 valence electrons. The van der Waals surface area contributed by atoms with Gasteiger partial charge in [-0.25, -0.2) is 0 Å². The van der Waals surface area contributed by atoms with Crippen LogP contribution in [-0.2, 0) is 9.59 Å². The van der Waals surface area contributed by atoms with Crippen LogP contribution in [0.25, 0.3) is 0 Å². The quantitative estimate of drug-likeness (QED) is 0.708. The highest BCUT2D eigenvalue weighted by molar-refractivity contribution is 5.92. The fourth-order valence-corrected chi connectivity index (χ4v) is 1.19. The third kappa shape index (κ3) is 6.08. The molecule has 19 heavy (non-hydrogen) atoms. The van der Waals surface area contributed by atoms with E-state index in [4.69, 9.17) is 16.2 Å². The van der Waals surface area contributed by atoms with Crippen molar-refractivity contribution in [3.05, 3.63) is 24.3 Å². The van der Waals surface area contributed by atoms with Gasteiger partial charge in [-0.1, -0.05) is 13.0 Å². The van der Waals surface area contributed by atoms with Crippen LogP contribution >= 0.6 is 12.4 Å². The first kappa shape index (κ1) is 17.2. The number of carbonyl (C=O) groups is 2. The number of rotatable bonds is 6. The molecule has 6 nitrogen and oxygen atoms in total. The molecule has 2 amide bonds. The summed E-state index contributed by atoms with van der Waals surface area (Å²) in [7, 11) is 0. The molecule has 5 N–H and O–H groups in total. The molecule has 0 bridgehead atoms. The Morgan fingerprint density at radius 3 is 2.68 bits per heavy atom. The second-order valence-electron chi connectivity index (χ2n) is 3.91. The number of halogens is 1. The number of hydrogen-bond donors (Lipinski definition) is 3. The molecule has 0 saturated heterocycles. The van der Waals surface area contributed by atoms with Crippen molar-refractivity contribution >= 4 is 29.9 Å². The molecule has 0 heterocycles. The summed E-state index contributed by atoms with van der Waals surface area (Å²) >= 11 is 0. The van der Waals surface area contributed by atoms with E-state index in [2.05, 4.69) is 5.32 Å². The maximum absolute atomic E-state index is 11.6. The average Bonchev–Trinajstić information content (AvgIpc) is 2.35. The predicted molar refractivity (Wildman–Crippen MR) is 75.2 cm³/mol.